The van der Waals surface area contributed by atoms with Gasteiger partial charge in [-0.1, -0.05) is 11.6 Å². The zero-order chi connectivity index (χ0) is 25.0. The minimum atomic E-state index is -3.70. The second kappa shape index (κ2) is 11.0. The molecular weight excluding hydrogens is 497 g/mol. The van der Waals surface area contributed by atoms with Gasteiger partial charge >= 0.3 is 0 Å². The number of sulfonamides is 1. The molecule has 0 aromatic heterocycles. The van der Waals surface area contributed by atoms with Crippen molar-refractivity contribution >= 4 is 33.4 Å². The predicted octanol–water partition coefficient (Wildman–Crippen LogP) is 2.54. The number of amides is 2. The van der Waals surface area contributed by atoms with Crippen LogP contribution in [0.25, 0.3) is 0 Å². The molecule has 35 heavy (non-hydrogen) atoms. The van der Waals surface area contributed by atoms with E-state index in [1.54, 1.807) is 4.90 Å². The van der Waals surface area contributed by atoms with E-state index in [2.05, 4.69) is 5.32 Å². The van der Waals surface area contributed by atoms with Crippen LogP contribution in [0.4, 0.5) is 4.39 Å². The Morgan fingerprint density at radius 2 is 1.57 bits per heavy atom. The number of hydrogen-bond donors (Lipinski definition) is 1. The summed E-state index contributed by atoms with van der Waals surface area (Å²) in [4.78, 5) is 28.1. The Labute approximate surface area is 209 Å². The van der Waals surface area contributed by atoms with Crippen molar-refractivity contribution in [3.8, 4) is 0 Å². The van der Waals surface area contributed by atoms with Gasteiger partial charge in [-0.15, -0.1) is 0 Å². The van der Waals surface area contributed by atoms with Crippen LogP contribution in [0.15, 0.2) is 53.4 Å². The van der Waals surface area contributed by atoms with E-state index in [1.807, 2.05) is 0 Å². The molecule has 4 rings (SSSR count). The summed E-state index contributed by atoms with van der Waals surface area (Å²) in [6, 6.07) is 10.3. The van der Waals surface area contributed by atoms with Gasteiger partial charge in [0.05, 0.1) is 18.1 Å². The van der Waals surface area contributed by atoms with Gasteiger partial charge in [-0.3, -0.25) is 9.59 Å². The number of carbonyl (C=O) groups is 2. The number of halogens is 2. The van der Waals surface area contributed by atoms with Gasteiger partial charge in [0.15, 0.2) is 0 Å². The molecule has 2 aliphatic rings. The number of nitrogens with zero attached hydrogens (tertiary/aromatic N) is 2. The maximum Gasteiger partial charge on any atom is 0.251 e. The highest BCUT2D eigenvalue weighted by Crippen LogP contribution is 2.27. The molecule has 188 valence electrons. The average Bonchev–Trinajstić information content (AvgIpc) is 2.88. The fourth-order valence-corrected chi connectivity index (χ4v) is 5.99. The lowest BCUT2D eigenvalue weighted by molar-refractivity contribution is -0.139. The third-order valence-electron chi connectivity index (χ3n) is 6.40. The Hall–Kier alpha value is -2.53. The van der Waals surface area contributed by atoms with Crippen LogP contribution in [0.5, 0.6) is 0 Å². The molecule has 2 aliphatic heterocycles. The first-order valence-corrected chi connectivity index (χ1v) is 13.3. The topological polar surface area (TPSA) is 96.0 Å². The molecule has 11 heteroatoms. The van der Waals surface area contributed by atoms with E-state index < -0.39 is 27.8 Å². The molecule has 0 unspecified atom stereocenters. The van der Waals surface area contributed by atoms with Crippen molar-refractivity contribution in [1.82, 2.24) is 14.5 Å². The van der Waals surface area contributed by atoms with Crippen molar-refractivity contribution in [3.63, 3.8) is 0 Å². The highest BCUT2D eigenvalue weighted by molar-refractivity contribution is 7.89. The number of rotatable bonds is 6. The predicted molar refractivity (Wildman–Crippen MR) is 128 cm³/mol. The molecule has 2 saturated heterocycles. The fraction of sp³-hybridized carbons (Fsp3) is 0.417. The van der Waals surface area contributed by atoms with Crippen molar-refractivity contribution in [3.05, 3.63) is 64.9 Å². The number of hydrogen-bond acceptors (Lipinski definition) is 5. The van der Waals surface area contributed by atoms with E-state index >= 15 is 0 Å². The molecule has 0 bridgehead atoms. The van der Waals surface area contributed by atoms with Gasteiger partial charge < -0.3 is 15.0 Å². The number of carbonyl (C=O) groups excluding carboxylic acids is 2. The molecule has 8 nitrogen and oxygen atoms in total. The highest BCUT2D eigenvalue weighted by atomic mass is 35.5. The first-order chi connectivity index (χ1) is 16.8. The summed E-state index contributed by atoms with van der Waals surface area (Å²) in [5.41, 5.74) is 0.244. The number of piperidine rings is 1. The smallest absolute Gasteiger partial charge is 0.251 e. The zero-order valence-electron chi connectivity index (χ0n) is 19.0. The summed E-state index contributed by atoms with van der Waals surface area (Å²) in [5, 5.41) is 3.28. The third kappa shape index (κ3) is 6.00. The number of ether oxygens (including phenoxy) is 1. The summed E-state index contributed by atoms with van der Waals surface area (Å²) in [7, 11) is -3.70. The Kier molecular flexibility index (Phi) is 8.05. The van der Waals surface area contributed by atoms with Crippen molar-refractivity contribution in [2.24, 2.45) is 5.92 Å². The van der Waals surface area contributed by atoms with Gasteiger partial charge in [0.25, 0.3) is 5.91 Å². The molecule has 2 aromatic carbocycles. The molecule has 0 spiro atoms. The van der Waals surface area contributed by atoms with E-state index in [0.717, 1.165) is 0 Å². The quantitative estimate of drug-likeness (QED) is 0.628. The van der Waals surface area contributed by atoms with Crippen LogP contribution in [0.3, 0.4) is 0 Å². The van der Waals surface area contributed by atoms with Gasteiger partial charge in [-0.05, 0) is 67.3 Å². The van der Waals surface area contributed by atoms with Crippen molar-refractivity contribution < 1.29 is 27.1 Å². The molecule has 0 saturated carbocycles. The van der Waals surface area contributed by atoms with Crippen molar-refractivity contribution in [1.29, 1.82) is 0 Å². The summed E-state index contributed by atoms with van der Waals surface area (Å²) in [6.07, 6.45) is 0.800. The minimum Gasteiger partial charge on any atom is -0.378 e. The summed E-state index contributed by atoms with van der Waals surface area (Å²) in [6.45, 7) is 2.12. The lowest BCUT2D eigenvalue weighted by Gasteiger charge is -2.38. The number of morpholine rings is 1. The molecule has 0 aliphatic carbocycles. The van der Waals surface area contributed by atoms with Crippen molar-refractivity contribution in [2.45, 2.75) is 23.8 Å². The number of nitrogens with one attached hydrogen (secondary N) is 1. The van der Waals surface area contributed by atoms with E-state index in [4.69, 9.17) is 16.3 Å². The van der Waals surface area contributed by atoms with E-state index in [0.29, 0.717) is 44.2 Å². The second-order valence-electron chi connectivity index (χ2n) is 8.59. The minimum absolute atomic E-state index is 0.158. The maximum absolute atomic E-state index is 13.4. The van der Waals surface area contributed by atoms with E-state index in [9.17, 15) is 22.4 Å². The van der Waals surface area contributed by atoms with E-state index in [1.165, 1.54) is 52.8 Å². The van der Waals surface area contributed by atoms with Crippen LogP contribution in [-0.2, 0) is 19.6 Å². The van der Waals surface area contributed by atoms with Gasteiger partial charge in [-0.2, -0.15) is 4.31 Å². The van der Waals surface area contributed by atoms with Crippen molar-refractivity contribution in [2.75, 3.05) is 39.4 Å². The van der Waals surface area contributed by atoms with E-state index in [-0.39, 0.29) is 35.4 Å². The van der Waals surface area contributed by atoms with Gasteiger partial charge in [-0.25, -0.2) is 12.8 Å². The maximum atomic E-state index is 13.4. The second-order valence-corrected chi connectivity index (χ2v) is 11.0. The van der Waals surface area contributed by atoms with Gasteiger partial charge in [0.1, 0.15) is 11.9 Å². The Morgan fingerprint density at radius 3 is 2.17 bits per heavy atom. The summed E-state index contributed by atoms with van der Waals surface area (Å²) < 4.78 is 46.1. The SMILES string of the molecule is O=C(N[C@@H](C(=O)N1CCOCC1)C1CCN(S(=O)(=O)c2ccc(Cl)cc2)CC1)c1ccc(F)cc1. The lowest BCUT2D eigenvalue weighted by atomic mass is 9.89. The molecule has 0 radical (unpaired) electrons. The number of benzene rings is 2. The van der Waals surface area contributed by atoms with Crippen LogP contribution < -0.4 is 5.32 Å². The Morgan fingerprint density at radius 1 is 0.971 bits per heavy atom. The first kappa shape index (κ1) is 25.6. The van der Waals surface area contributed by atoms with Gasteiger partial charge in [0.2, 0.25) is 15.9 Å². The van der Waals surface area contributed by atoms with Crippen LogP contribution in [0, 0.1) is 11.7 Å². The largest absolute Gasteiger partial charge is 0.378 e. The summed E-state index contributed by atoms with van der Waals surface area (Å²) in [5.74, 6) is -1.42. The highest BCUT2D eigenvalue weighted by Gasteiger charge is 2.38. The molecule has 2 fully saturated rings. The lowest BCUT2D eigenvalue weighted by Crippen LogP contribution is -2.56. The average molecular weight is 524 g/mol. The first-order valence-electron chi connectivity index (χ1n) is 11.4. The molecule has 2 amide bonds. The van der Waals surface area contributed by atoms with Crippen LogP contribution >= 0.6 is 11.6 Å². The van der Waals surface area contributed by atoms with Gasteiger partial charge in [0, 0.05) is 36.8 Å². The fourth-order valence-electron chi connectivity index (χ4n) is 4.39. The normalized spacial score (nSPS) is 18.7. The molecule has 2 aromatic rings. The molecule has 1 atom stereocenters. The van der Waals surface area contributed by atoms with Crippen LogP contribution in [-0.4, -0.2) is 74.9 Å². The zero-order valence-corrected chi connectivity index (χ0v) is 20.6. The molecular formula is C24H27ClFN3O5S. The van der Waals surface area contributed by atoms with Crippen LogP contribution in [0.2, 0.25) is 5.02 Å². The molecule has 1 N–H and O–H groups in total. The third-order valence-corrected chi connectivity index (χ3v) is 8.57. The van der Waals surface area contributed by atoms with Crippen LogP contribution in [0.1, 0.15) is 23.2 Å². The Bertz CT molecular complexity index is 1150. The standard InChI is InChI=1S/C24H27ClFN3O5S/c25-19-3-7-21(8-4-19)35(32,33)29-11-9-17(10-12-29)22(24(31)28-13-15-34-16-14-28)27-23(30)18-1-5-20(26)6-2-18/h1-8,17,22H,9-16H2,(H,27,30)/t22-/m1/s1. The summed E-state index contributed by atoms with van der Waals surface area (Å²) >= 11 is 5.88. The monoisotopic (exact) mass is 523 g/mol. The molecule has 2 heterocycles. The Balaban J connectivity index is 1.49.